The van der Waals surface area contributed by atoms with Crippen LogP contribution in [0, 0.1) is 0 Å². The van der Waals surface area contributed by atoms with E-state index in [0.717, 1.165) is 16.7 Å². The van der Waals surface area contributed by atoms with Crippen LogP contribution in [0.5, 0.6) is 0 Å². The van der Waals surface area contributed by atoms with Crippen molar-refractivity contribution >= 4 is 11.7 Å². The van der Waals surface area contributed by atoms with E-state index in [2.05, 4.69) is 32.4 Å². The molecule has 0 aliphatic carbocycles. The van der Waals surface area contributed by atoms with Gasteiger partial charge in [0.2, 0.25) is 0 Å². The lowest BCUT2D eigenvalue weighted by Crippen LogP contribution is -2.15. The van der Waals surface area contributed by atoms with Crippen LogP contribution in [0.25, 0.3) is 0 Å². The third-order valence-electron chi connectivity index (χ3n) is 4.76. The quantitative estimate of drug-likeness (QED) is 0.535. The summed E-state index contributed by atoms with van der Waals surface area (Å²) in [6, 6.07) is 21.0. The average molecular weight is 380 g/mol. The van der Waals surface area contributed by atoms with Crippen LogP contribution in [-0.4, -0.2) is 20.9 Å². The lowest BCUT2D eigenvalue weighted by Gasteiger charge is -2.19. The van der Waals surface area contributed by atoms with E-state index in [0.29, 0.717) is 17.8 Å². The number of benzene rings is 1. The van der Waals surface area contributed by atoms with E-state index in [1.54, 1.807) is 30.7 Å². The van der Waals surface area contributed by atoms with Crippen LogP contribution in [0.1, 0.15) is 33.0 Å². The number of carbonyl (C=O) groups is 1. The Bertz CT molecular complexity index is 1030. The van der Waals surface area contributed by atoms with Gasteiger partial charge in [0.1, 0.15) is 5.82 Å². The molecule has 0 radical (unpaired) electrons. The molecule has 3 aromatic heterocycles. The summed E-state index contributed by atoms with van der Waals surface area (Å²) >= 11 is 0. The van der Waals surface area contributed by atoms with Crippen molar-refractivity contribution in [1.29, 1.82) is 0 Å². The second kappa shape index (κ2) is 8.89. The van der Waals surface area contributed by atoms with E-state index < -0.39 is 0 Å². The van der Waals surface area contributed by atoms with Crippen LogP contribution in [0.4, 0.5) is 5.82 Å². The number of amides is 1. The van der Waals surface area contributed by atoms with Gasteiger partial charge >= 0.3 is 0 Å². The Kier molecular flexibility index (Phi) is 5.67. The summed E-state index contributed by atoms with van der Waals surface area (Å²) in [5.41, 5.74) is 3.73. The molecule has 142 valence electrons. The van der Waals surface area contributed by atoms with Crippen molar-refractivity contribution in [1.82, 2.24) is 15.0 Å². The van der Waals surface area contributed by atoms with E-state index in [1.165, 1.54) is 0 Å². The number of carbonyl (C=O) groups excluding carboxylic acids is 1. The molecule has 0 aliphatic rings. The second-order valence-electron chi connectivity index (χ2n) is 6.66. The van der Waals surface area contributed by atoms with Crippen molar-refractivity contribution in [2.75, 3.05) is 5.32 Å². The van der Waals surface area contributed by atoms with Crippen molar-refractivity contribution in [3.05, 3.63) is 120 Å². The fraction of sp³-hybridized carbons (Fsp3) is 0.0833. The summed E-state index contributed by atoms with van der Waals surface area (Å²) in [5.74, 6) is 0.443. The highest BCUT2D eigenvalue weighted by atomic mass is 16.1. The fourth-order valence-electron chi connectivity index (χ4n) is 3.30. The van der Waals surface area contributed by atoms with Crippen LogP contribution < -0.4 is 5.32 Å². The van der Waals surface area contributed by atoms with Crippen molar-refractivity contribution in [2.24, 2.45) is 0 Å². The van der Waals surface area contributed by atoms with Gasteiger partial charge in [-0.15, -0.1) is 0 Å². The van der Waals surface area contributed by atoms with E-state index in [-0.39, 0.29) is 11.8 Å². The summed E-state index contributed by atoms with van der Waals surface area (Å²) in [7, 11) is 0. The molecule has 0 spiro atoms. The van der Waals surface area contributed by atoms with Crippen LogP contribution in [0.2, 0.25) is 0 Å². The van der Waals surface area contributed by atoms with E-state index in [9.17, 15) is 4.79 Å². The molecule has 0 saturated heterocycles. The number of hydrogen-bond acceptors (Lipinski definition) is 4. The van der Waals surface area contributed by atoms with Gasteiger partial charge < -0.3 is 5.32 Å². The Morgan fingerprint density at radius 1 is 0.793 bits per heavy atom. The minimum Gasteiger partial charge on any atom is -0.306 e. The monoisotopic (exact) mass is 380 g/mol. The summed E-state index contributed by atoms with van der Waals surface area (Å²) in [4.78, 5) is 25.6. The Labute approximate surface area is 169 Å². The van der Waals surface area contributed by atoms with Gasteiger partial charge in [-0.25, -0.2) is 4.98 Å². The molecule has 0 atom stereocenters. The maximum Gasteiger partial charge on any atom is 0.256 e. The second-order valence-corrected chi connectivity index (χ2v) is 6.66. The first kappa shape index (κ1) is 18.5. The van der Waals surface area contributed by atoms with Gasteiger partial charge in [-0.2, -0.15) is 0 Å². The third kappa shape index (κ3) is 4.52. The number of hydrogen-bond donors (Lipinski definition) is 1. The molecule has 1 amide bonds. The number of anilines is 1. The van der Waals surface area contributed by atoms with Gasteiger partial charge in [0.25, 0.3) is 5.91 Å². The van der Waals surface area contributed by atoms with E-state index in [1.807, 2.05) is 54.9 Å². The van der Waals surface area contributed by atoms with Gasteiger partial charge in [-0.3, -0.25) is 14.8 Å². The van der Waals surface area contributed by atoms with Crippen molar-refractivity contribution < 1.29 is 4.79 Å². The van der Waals surface area contributed by atoms with Crippen LogP contribution >= 0.6 is 0 Å². The summed E-state index contributed by atoms with van der Waals surface area (Å²) in [6.45, 7) is 0. The highest BCUT2D eigenvalue weighted by Gasteiger charge is 2.18. The molecule has 1 aromatic carbocycles. The molecule has 4 rings (SSSR count). The van der Waals surface area contributed by atoms with Crippen molar-refractivity contribution in [2.45, 2.75) is 12.3 Å². The predicted octanol–water partition coefficient (Wildman–Crippen LogP) is 4.50. The van der Waals surface area contributed by atoms with E-state index in [4.69, 9.17) is 0 Å². The zero-order valence-electron chi connectivity index (χ0n) is 15.8. The normalized spacial score (nSPS) is 10.7. The number of pyridine rings is 3. The minimum absolute atomic E-state index is 0.0500. The molecule has 0 fully saturated rings. The standard InChI is InChI=1S/C24H20N4O/c29-24(18-7-2-1-3-8-18)28-23-19(9-6-14-27-23)15-22(20-10-4-12-25-16-20)21-11-5-13-26-17-21/h1-14,16-17,22H,15H2,(H,27,28,29). The topological polar surface area (TPSA) is 67.8 Å². The first-order valence-corrected chi connectivity index (χ1v) is 9.41. The van der Waals surface area contributed by atoms with Crippen LogP contribution in [0.15, 0.2) is 97.7 Å². The van der Waals surface area contributed by atoms with Gasteiger partial charge in [0, 0.05) is 42.5 Å². The van der Waals surface area contributed by atoms with Gasteiger partial charge in [0.15, 0.2) is 0 Å². The molecular formula is C24H20N4O. The molecule has 0 saturated carbocycles. The molecule has 3 heterocycles. The zero-order valence-corrected chi connectivity index (χ0v) is 15.8. The SMILES string of the molecule is O=C(Nc1ncccc1CC(c1cccnc1)c1cccnc1)c1ccccc1. The Morgan fingerprint density at radius 3 is 2.07 bits per heavy atom. The lowest BCUT2D eigenvalue weighted by molar-refractivity contribution is 0.102. The van der Waals surface area contributed by atoms with Crippen molar-refractivity contribution in [3.8, 4) is 0 Å². The van der Waals surface area contributed by atoms with Crippen LogP contribution in [0.3, 0.4) is 0 Å². The minimum atomic E-state index is -0.176. The number of aromatic nitrogens is 3. The summed E-state index contributed by atoms with van der Waals surface area (Å²) in [6.07, 6.45) is 9.62. The molecule has 0 unspecified atom stereocenters. The maximum absolute atomic E-state index is 12.6. The highest BCUT2D eigenvalue weighted by Crippen LogP contribution is 2.29. The molecule has 0 aliphatic heterocycles. The predicted molar refractivity (Wildman–Crippen MR) is 113 cm³/mol. The third-order valence-corrected chi connectivity index (χ3v) is 4.76. The Morgan fingerprint density at radius 2 is 1.45 bits per heavy atom. The zero-order chi connectivity index (χ0) is 19.9. The first-order valence-electron chi connectivity index (χ1n) is 9.41. The Balaban J connectivity index is 1.64. The van der Waals surface area contributed by atoms with Gasteiger partial charge in [0.05, 0.1) is 0 Å². The summed E-state index contributed by atoms with van der Waals surface area (Å²) in [5, 5.41) is 2.95. The highest BCUT2D eigenvalue weighted by molar-refractivity contribution is 6.04. The molecule has 5 nitrogen and oxygen atoms in total. The molecule has 5 heteroatoms. The molecule has 0 bridgehead atoms. The van der Waals surface area contributed by atoms with Crippen LogP contribution in [-0.2, 0) is 6.42 Å². The summed E-state index contributed by atoms with van der Waals surface area (Å²) < 4.78 is 0. The molecule has 4 aromatic rings. The van der Waals surface area contributed by atoms with E-state index >= 15 is 0 Å². The molecule has 29 heavy (non-hydrogen) atoms. The number of nitrogens with one attached hydrogen (secondary N) is 1. The number of nitrogens with zero attached hydrogens (tertiary/aromatic N) is 3. The molecule has 1 N–H and O–H groups in total. The number of rotatable bonds is 6. The molecular weight excluding hydrogens is 360 g/mol. The lowest BCUT2D eigenvalue weighted by atomic mass is 9.87. The van der Waals surface area contributed by atoms with Gasteiger partial charge in [-0.05, 0) is 53.4 Å². The largest absolute Gasteiger partial charge is 0.306 e. The Hall–Kier alpha value is -3.86. The average Bonchev–Trinajstić information content (AvgIpc) is 2.80. The maximum atomic E-state index is 12.6. The van der Waals surface area contributed by atoms with Gasteiger partial charge in [-0.1, -0.05) is 36.4 Å². The smallest absolute Gasteiger partial charge is 0.256 e. The fourth-order valence-corrected chi connectivity index (χ4v) is 3.30. The van der Waals surface area contributed by atoms with Crippen molar-refractivity contribution in [3.63, 3.8) is 0 Å². The first-order chi connectivity index (χ1) is 14.3.